The standard InChI is InChI=1S/C16H22N2O3/c1-3-12(4-2)17-15(19)10-18-13-8-6-5-7-11(13)9-14(18)16(20)21/h5-8,12,14H,3-4,9-10H2,1-2H3,(H,17,19)(H,20,21). The zero-order valence-electron chi connectivity index (χ0n) is 12.5. The van der Waals surface area contributed by atoms with Crippen LogP contribution >= 0.6 is 0 Å². The van der Waals surface area contributed by atoms with Crippen molar-refractivity contribution in [3.63, 3.8) is 0 Å². The molecule has 21 heavy (non-hydrogen) atoms. The fourth-order valence-corrected chi connectivity index (χ4v) is 2.79. The van der Waals surface area contributed by atoms with E-state index in [0.29, 0.717) is 6.42 Å². The highest BCUT2D eigenvalue weighted by Crippen LogP contribution is 2.31. The summed E-state index contributed by atoms with van der Waals surface area (Å²) in [4.78, 5) is 25.3. The number of carboxylic acids is 1. The van der Waals surface area contributed by atoms with Gasteiger partial charge >= 0.3 is 5.97 Å². The summed E-state index contributed by atoms with van der Waals surface area (Å²) < 4.78 is 0. The smallest absolute Gasteiger partial charge is 0.326 e. The fourth-order valence-electron chi connectivity index (χ4n) is 2.79. The minimum Gasteiger partial charge on any atom is -0.480 e. The van der Waals surface area contributed by atoms with Gasteiger partial charge < -0.3 is 15.3 Å². The molecule has 1 aliphatic heterocycles. The Morgan fingerprint density at radius 1 is 1.33 bits per heavy atom. The van der Waals surface area contributed by atoms with Crippen molar-refractivity contribution < 1.29 is 14.7 Å². The molecule has 1 unspecified atom stereocenters. The molecule has 1 atom stereocenters. The summed E-state index contributed by atoms with van der Waals surface area (Å²) in [5.74, 6) is -1.01. The third-order valence-corrected chi connectivity index (χ3v) is 4.04. The molecule has 1 aliphatic rings. The summed E-state index contributed by atoms with van der Waals surface area (Å²) in [6.45, 7) is 4.14. The van der Waals surface area contributed by atoms with Gasteiger partial charge in [0.15, 0.2) is 0 Å². The normalized spacial score (nSPS) is 16.9. The van der Waals surface area contributed by atoms with Crippen LogP contribution in [0.2, 0.25) is 0 Å². The van der Waals surface area contributed by atoms with Gasteiger partial charge in [-0.05, 0) is 24.5 Å². The Labute approximate surface area is 125 Å². The number of aliphatic carboxylic acids is 1. The van der Waals surface area contributed by atoms with E-state index in [1.165, 1.54) is 0 Å². The van der Waals surface area contributed by atoms with E-state index in [9.17, 15) is 14.7 Å². The first-order valence-corrected chi connectivity index (χ1v) is 7.43. The van der Waals surface area contributed by atoms with Gasteiger partial charge in [0.1, 0.15) is 6.04 Å². The highest BCUT2D eigenvalue weighted by Gasteiger charge is 2.35. The predicted octanol–water partition coefficient (Wildman–Crippen LogP) is 1.81. The van der Waals surface area contributed by atoms with E-state index in [1.54, 1.807) is 4.90 Å². The molecule has 5 nitrogen and oxygen atoms in total. The van der Waals surface area contributed by atoms with Crippen LogP contribution in [0, 0.1) is 0 Å². The van der Waals surface area contributed by atoms with Gasteiger partial charge in [-0.25, -0.2) is 4.79 Å². The number of para-hydroxylation sites is 1. The maximum atomic E-state index is 12.2. The largest absolute Gasteiger partial charge is 0.480 e. The number of amides is 1. The van der Waals surface area contributed by atoms with Crippen molar-refractivity contribution in [3.8, 4) is 0 Å². The average molecular weight is 290 g/mol. The summed E-state index contributed by atoms with van der Waals surface area (Å²) in [6.07, 6.45) is 2.20. The second-order valence-electron chi connectivity index (χ2n) is 5.40. The first kappa shape index (κ1) is 15.4. The van der Waals surface area contributed by atoms with Crippen LogP contribution in [0.5, 0.6) is 0 Å². The third-order valence-electron chi connectivity index (χ3n) is 4.04. The van der Waals surface area contributed by atoms with Crippen LogP contribution in [0.3, 0.4) is 0 Å². The maximum absolute atomic E-state index is 12.2. The van der Waals surface area contributed by atoms with Crippen LogP contribution in [0.4, 0.5) is 5.69 Å². The molecule has 2 N–H and O–H groups in total. The van der Waals surface area contributed by atoms with Crippen molar-refractivity contribution in [2.75, 3.05) is 11.4 Å². The molecule has 2 rings (SSSR count). The SMILES string of the molecule is CCC(CC)NC(=O)CN1c2ccccc2CC1C(=O)O. The summed E-state index contributed by atoms with van der Waals surface area (Å²) in [7, 11) is 0. The summed E-state index contributed by atoms with van der Waals surface area (Å²) in [5.41, 5.74) is 1.84. The molecule has 0 radical (unpaired) electrons. The molecule has 0 saturated heterocycles. The topological polar surface area (TPSA) is 69.6 Å². The van der Waals surface area contributed by atoms with E-state index >= 15 is 0 Å². The van der Waals surface area contributed by atoms with Gasteiger partial charge in [-0.3, -0.25) is 4.79 Å². The Bertz CT molecular complexity index is 526. The lowest BCUT2D eigenvalue weighted by atomic mass is 10.1. The van der Waals surface area contributed by atoms with E-state index in [2.05, 4.69) is 5.32 Å². The van der Waals surface area contributed by atoms with Crippen LogP contribution in [-0.4, -0.2) is 35.6 Å². The Balaban J connectivity index is 2.12. The third kappa shape index (κ3) is 3.35. The summed E-state index contributed by atoms with van der Waals surface area (Å²) in [5, 5.41) is 12.3. The van der Waals surface area contributed by atoms with Crippen molar-refractivity contribution in [1.82, 2.24) is 5.32 Å². The molecular weight excluding hydrogens is 268 g/mol. The monoisotopic (exact) mass is 290 g/mol. The Morgan fingerprint density at radius 2 is 2.00 bits per heavy atom. The second kappa shape index (κ2) is 6.61. The van der Waals surface area contributed by atoms with E-state index in [0.717, 1.165) is 24.1 Å². The quantitative estimate of drug-likeness (QED) is 0.838. The molecule has 0 spiro atoms. The predicted molar refractivity (Wildman–Crippen MR) is 81.4 cm³/mol. The number of nitrogens with zero attached hydrogens (tertiary/aromatic N) is 1. The molecule has 1 aromatic rings. The van der Waals surface area contributed by atoms with E-state index in [1.807, 2.05) is 38.1 Å². The average Bonchev–Trinajstić information content (AvgIpc) is 2.84. The number of fused-ring (bicyclic) bond motifs is 1. The molecule has 0 saturated carbocycles. The van der Waals surface area contributed by atoms with Gasteiger partial charge in [-0.2, -0.15) is 0 Å². The van der Waals surface area contributed by atoms with Crippen LogP contribution in [0.25, 0.3) is 0 Å². The fraction of sp³-hybridized carbons (Fsp3) is 0.500. The van der Waals surface area contributed by atoms with Gasteiger partial charge in [0.2, 0.25) is 5.91 Å². The van der Waals surface area contributed by atoms with Crippen molar-refractivity contribution in [2.45, 2.75) is 45.2 Å². The molecule has 1 heterocycles. The zero-order valence-corrected chi connectivity index (χ0v) is 12.5. The second-order valence-corrected chi connectivity index (χ2v) is 5.40. The van der Waals surface area contributed by atoms with Crippen molar-refractivity contribution >= 4 is 17.6 Å². The van der Waals surface area contributed by atoms with Crippen molar-refractivity contribution in [1.29, 1.82) is 0 Å². The van der Waals surface area contributed by atoms with Crippen LogP contribution in [0.15, 0.2) is 24.3 Å². The number of anilines is 1. The highest BCUT2D eigenvalue weighted by atomic mass is 16.4. The summed E-state index contributed by atoms with van der Waals surface area (Å²) >= 11 is 0. The van der Waals surface area contributed by atoms with E-state index in [4.69, 9.17) is 0 Å². The van der Waals surface area contributed by atoms with E-state index in [-0.39, 0.29) is 18.5 Å². The van der Waals surface area contributed by atoms with Crippen molar-refractivity contribution in [2.24, 2.45) is 0 Å². The minimum atomic E-state index is -0.887. The van der Waals surface area contributed by atoms with Gasteiger partial charge in [0, 0.05) is 18.2 Å². The Morgan fingerprint density at radius 3 is 2.62 bits per heavy atom. The minimum absolute atomic E-state index is 0.0878. The highest BCUT2D eigenvalue weighted by molar-refractivity contribution is 5.88. The summed E-state index contributed by atoms with van der Waals surface area (Å²) in [6, 6.07) is 7.06. The molecule has 0 bridgehead atoms. The van der Waals surface area contributed by atoms with Crippen LogP contribution in [0.1, 0.15) is 32.3 Å². The molecule has 5 heteroatoms. The molecule has 0 aliphatic carbocycles. The Hall–Kier alpha value is -2.04. The van der Waals surface area contributed by atoms with Gasteiger partial charge in [0.25, 0.3) is 0 Å². The number of carbonyl (C=O) groups excluding carboxylic acids is 1. The number of carbonyl (C=O) groups is 2. The number of rotatable bonds is 6. The van der Waals surface area contributed by atoms with Crippen molar-refractivity contribution in [3.05, 3.63) is 29.8 Å². The molecule has 1 aromatic carbocycles. The number of hydrogen-bond acceptors (Lipinski definition) is 3. The zero-order chi connectivity index (χ0) is 15.4. The molecule has 114 valence electrons. The number of nitrogens with one attached hydrogen (secondary N) is 1. The molecule has 1 amide bonds. The lowest BCUT2D eigenvalue weighted by Crippen LogP contribution is -2.46. The number of benzene rings is 1. The number of carboxylic acid groups (broad SMARTS) is 1. The van der Waals surface area contributed by atoms with E-state index < -0.39 is 12.0 Å². The van der Waals surface area contributed by atoms with Gasteiger partial charge in [-0.15, -0.1) is 0 Å². The Kier molecular flexibility index (Phi) is 4.83. The lowest BCUT2D eigenvalue weighted by Gasteiger charge is -2.25. The first-order valence-electron chi connectivity index (χ1n) is 7.43. The molecule has 0 fully saturated rings. The first-order chi connectivity index (χ1) is 10.1. The lowest BCUT2D eigenvalue weighted by molar-refractivity contribution is -0.138. The van der Waals surface area contributed by atoms with Gasteiger partial charge in [0.05, 0.1) is 6.54 Å². The maximum Gasteiger partial charge on any atom is 0.326 e. The molecule has 0 aromatic heterocycles. The van der Waals surface area contributed by atoms with Crippen LogP contribution in [-0.2, 0) is 16.0 Å². The number of hydrogen-bond donors (Lipinski definition) is 2. The van der Waals surface area contributed by atoms with Crippen LogP contribution < -0.4 is 10.2 Å². The van der Waals surface area contributed by atoms with Gasteiger partial charge in [-0.1, -0.05) is 32.0 Å². The molecular formula is C16H22N2O3.